The summed E-state index contributed by atoms with van der Waals surface area (Å²) < 4.78 is 37.3. The van der Waals surface area contributed by atoms with Crippen molar-refractivity contribution in [3.63, 3.8) is 0 Å². The Bertz CT molecular complexity index is 1250. The average Bonchev–Trinajstić information content (AvgIpc) is 3.81. The molecule has 0 spiro atoms. The molecule has 0 unspecified atom stereocenters. The van der Waals surface area contributed by atoms with Gasteiger partial charge in [0.15, 0.2) is 0 Å². The number of ketones is 2. The number of nitrogens with zero attached hydrogens (tertiary/aromatic N) is 4. The van der Waals surface area contributed by atoms with Crippen molar-refractivity contribution in [2.24, 2.45) is 0 Å². The van der Waals surface area contributed by atoms with Crippen molar-refractivity contribution in [2.75, 3.05) is 64.6 Å². The molecule has 0 aliphatic carbocycles. The normalized spacial score (nSPS) is 10.4. The molecule has 2 fully saturated rings. The molecule has 0 aromatic heterocycles. The van der Waals surface area contributed by atoms with E-state index in [1.165, 1.54) is 13.8 Å². The van der Waals surface area contributed by atoms with Gasteiger partial charge in [0.1, 0.15) is 63.3 Å². The molecule has 2 saturated heterocycles. The number of carbonyl (C=O) groups excluding carboxylic acids is 6. The fraction of sp³-hybridized carbons (Fsp3) is 0.562. The lowest BCUT2D eigenvalue weighted by molar-refractivity contribution is -0.139. The second-order valence-electron chi connectivity index (χ2n) is 8.01. The van der Waals surface area contributed by atoms with Crippen molar-refractivity contribution in [3.05, 3.63) is 23.0 Å². The van der Waals surface area contributed by atoms with Crippen LogP contribution in [0, 0.1) is 45.3 Å². The molecular weight excluding hydrogens is 806 g/mol. The Morgan fingerprint density at radius 2 is 0.870 bits per heavy atom. The van der Waals surface area contributed by atoms with E-state index in [2.05, 4.69) is 18.9 Å². The molecule has 0 aromatic rings. The molecule has 0 amide bonds. The summed E-state index contributed by atoms with van der Waals surface area (Å²) in [7, 11) is 0. The van der Waals surface area contributed by atoms with Crippen LogP contribution in [-0.4, -0.2) is 99.0 Å². The van der Waals surface area contributed by atoms with Gasteiger partial charge in [-0.15, -0.1) is 23.2 Å². The summed E-state index contributed by atoms with van der Waals surface area (Å²) in [6.45, 7) is 8.36. The van der Waals surface area contributed by atoms with Crippen molar-refractivity contribution >= 4 is 80.8 Å². The molecule has 2 aliphatic rings. The Morgan fingerprint density at radius 1 is 0.593 bits per heavy atom. The van der Waals surface area contributed by atoms with Gasteiger partial charge in [-0.1, -0.05) is 14.9 Å². The Labute approximate surface area is 334 Å². The smallest absolute Gasteiger partial charge is 0.403 e. The standard InChI is InChI=1S/2C8H9NO4.2C4H5NO.2C3H4Cl2O2.2CH4/c2*1-2-11-7(10)6(5-9)8-12-3-4-13-8;2*1-4(6)2-3-5;2*4-1-2-7-3(5)6;;/h2*2-4H2,1H3;2*2H2,1H3;2*1-2H2;2*1H4. The number of esters is 2. The van der Waals surface area contributed by atoms with Gasteiger partial charge in [0.05, 0.1) is 50.0 Å². The van der Waals surface area contributed by atoms with E-state index in [1.54, 1.807) is 38.1 Å². The lowest BCUT2D eigenvalue weighted by Crippen LogP contribution is -2.09. The van der Waals surface area contributed by atoms with Crippen LogP contribution in [0.4, 0.5) is 9.59 Å². The minimum atomic E-state index is -0.805. The Balaban J connectivity index is -0.000000132. The van der Waals surface area contributed by atoms with Crippen LogP contribution in [0.15, 0.2) is 23.0 Å². The van der Waals surface area contributed by atoms with Gasteiger partial charge in [-0.05, 0) is 27.7 Å². The predicted octanol–water partition coefficient (Wildman–Crippen LogP) is 6.11. The molecule has 18 nitrogen and oxygen atoms in total. The predicted molar refractivity (Wildman–Crippen MR) is 193 cm³/mol. The highest BCUT2D eigenvalue weighted by atomic mass is 35.5. The molecule has 22 heteroatoms. The van der Waals surface area contributed by atoms with Crippen LogP contribution in [0.5, 0.6) is 0 Å². The van der Waals surface area contributed by atoms with Crippen LogP contribution in [0.1, 0.15) is 55.4 Å². The highest BCUT2D eigenvalue weighted by Gasteiger charge is 2.24. The Morgan fingerprint density at radius 3 is 1.00 bits per heavy atom. The average molecular weight is 851 g/mol. The van der Waals surface area contributed by atoms with E-state index in [9.17, 15) is 28.8 Å². The summed E-state index contributed by atoms with van der Waals surface area (Å²) in [6, 6.07) is 6.80. The van der Waals surface area contributed by atoms with Gasteiger partial charge in [0.2, 0.25) is 11.1 Å². The first kappa shape index (κ1) is 61.1. The monoisotopic (exact) mass is 848 g/mol. The zero-order valence-corrected chi connectivity index (χ0v) is 31.5. The fourth-order valence-corrected chi connectivity index (χ4v) is 2.43. The topological polar surface area (TPSA) is 271 Å². The van der Waals surface area contributed by atoms with Crippen molar-refractivity contribution < 1.29 is 66.7 Å². The molecule has 2 heterocycles. The van der Waals surface area contributed by atoms with E-state index in [4.69, 9.17) is 86.4 Å². The highest BCUT2D eigenvalue weighted by molar-refractivity contribution is 6.61. The summed E-state index contributed by atoms with van der Waals surface area (Å²) in [5, 5.41) is 32.8. The van der Waals surface area contributed by atoms with Crippen LogP contribution in [0.3, 0.4) is 0 Å². The van der Waals surface area contributed by atoms with E-state index in [1.807, 2.05) is 0 Å². The number of halogens is 4. The van der Waals surface area contributed by atoms with Gasteiger partial charge in [-0.2, -0.15) is 21.0 Å². The van der Waals surface area contributed by atoms with Gasteiger partial charge >= 0.3 is 34.7 Å². The molecule has 304 valence electrons. The maximum absolute atomic E-state index is 11.1. The van der Waals surface area contributed by atoms with Gasteiger partial charge < -0.3 is 37.9 Å². The highest BCUT2D eigenvalue weighted by Crippen LogP contribution is 2.15. The first-order valence-corrected chi connectivity index (χ1v) is 16.1. The quantitative estimate of drug-likeness (QED) is 0.0598. The first-order valence-electron chi connectivity index (χ1n) is 14.3. The minimum Gasteiger partial charge on any atom is -0.462 e. The molecule has 0 atom stereocenters. The zero-order chi connectivity index (χ0) is 40.7. The number of alkyl halides is 2. The van der Waals surface area contributed by atoms with Gasteiger partial charge in [0, 0.05) is 23.2 Å². The number of rotatable bonds is 10. The third kappa shape index (κ3) is 41.4. The van der Waals surface area contributed by atoms with Gasteiger partial charge in [-0.25, -0.2) is 19.2 Å². The summed E-state index contributed by atoms with van der Waals surface area (Å²) in [6.07, 6.45) is 0.0833. The second kappa shape index (κ2) is 44.2. The zero-order valence-electron chi connectivity index (χ0n) is 28.5. The van der Waals surface area contributed by atoms with Crippen molar-refractivity contribution in [1.29, 1.82) is 21.0 Å². The summed E-state index contributed by atoms with van der Waals surface area (Å²) in [5.74, 6) is -1.03. The molecular formula is C32H44Cl4N4O14. The number of carbonyl (C=O) groups is 6. The van der Waals surface area contributed by atoms with E-state index in [0.717, 1.165) is 0 Å². The number of Topliss-reactive ketones (excluding diaryl/α,β-unsaturated/α-hetero) is 2. The number of hydrogen-bond donors (Lipinski definition) is 0. The van der Waals surface area contributed by atoms with E-state index in [0.29, 0.717) is 38.2 Å². The first-order chi connectivity index (χ1) is 24.7. The molecule has 0 bridgehead atoms. The Kier molecular flexibility index (Phi) is 50.0. The van der Waals surface area contributed by atoms with Crippen LogP contribution in [-0.2, 0) is 57.1 Å². The van der Waals surface area contributed by atoms with Crippen LogP contribution in [0.25, 0.3) is 0 Å². The van der Waals surface area contributed by atoms with Crippen LogP contribution in [0.2, 0.25) is 0 Å². The Hall–Kier alpha value is -4.98. The SMILES string of the molecule is C.C.CC(=O)CC#N.CC(=O)CC#N.CCOC(=O)C(C#N)=C1OCCO1.CCOC(=O)C(C#N)=C1OCCO1.O=C(Cl)OCCCl.O=C(Cl)OCCCl. The van der Waals surface area contributed by atoms with E-state index >= 15 is 0 Å². The lowest BCUT2D eigenvalue weighted by Gasteiger charge is -2.01. The number of ether oxygens (including phenoxy) is 8. The van der Waals surface area contributed by atoms with Crippen molar-refractivity contribution in [3.8, 4) is 24.3 Å². The molecule has 0 saturated carbocycles. The fourth-order valence-electron chi connectivity index (χ4n) is 2.13. The molecule has 0 aromatic carbocycles. The number of nitriles is 4. The van der Waals surface area contributed by atoms with Crippen LogP contribution >= 0.6 is 46.4 Å². The molecule has 2 rings (SSSR count). The third-order valence-corrected chi connectivity index (χ3v) is 4.46. The lowest BCUT2D eigenvalue weighted by atomic mass is 10.3. The van der Waals surface area contributed by atoms with Gasteiger partial charge in [-0.3, -0.25) is 9.59 Å². The summed E-state index contributed by atoms with van der Waals surface area (Å²) >= 11 is 19.7. The molecule has 0 radical (unpaired) electrons. The summed E-state index contributed by atoms with van der Waals surface area (Å²) in [4.78, 5) is 61.2. The molecule has 0 N–H and O–H groups in total. The second-order valence-corrected chi connectivity index (χ2v) is 9.38. The van der Waals surface area contributed by atoms with Crippen molar-refractivity contribution in [1.82, 2.24) is 0 Å². The van der Waals surface area contributed by atoms with E-state index in [-0.39, 0.29) is 88.7 Å². The largest absolute Gasteiger partial charge is 0.462 e. The summed E-state index contributed by atoms with van der Waals surface area (Å²) in [5.41, 5.74) is -2.03. The maximum Gasteiger partial charge on any atom is 0.403 e. The number of hydrogen-bond acceptors (Lipinski definition) is 18. The minimum absolute atomic E-state index is 0. The van der Waals surface area contributed by atoms with Crippen molar-refractivity contribution in [2.45, 2.75) is 55.4 Å². The molecule has 2 aliphatic heterocycles. The third-order valence-electron chi connectivity index (χ3n) is 3.93. The molecule has 54 heavy (non-hydrogen) atoms. The maximum atomic E-state index is 11.1. The van der Waals surface area contributed by atoms with E-state index < -0.39 is 22.8 Å². The van der Waals surface area contributed by atoms with Gasteiger partial charge in [0.25, 0.3) is 0 Å². The van der Waals surface area contributed by atoms with Crippen LogP contribution < -0.4 is 0 Å².